The van der Waals surface area contributed by atoms with E-state index in [0.717, 1.165) is 0 Å². The number of hydrogen-bond acceptors (Lipinski definition) is 5. The molecule has 9 heteroatoms. The largest absolute Gasteiger partial charge is 0.464 e. The first kappa shape index (κ1) is 17.0. The van der Waals surface area contributed by atoms with Gasteiger partial charge in [0.05, 0.1) is 34.9 Å². The lowest BCUT2D eigenvalue weighted by atomic mass is 10.3. The summed E-state index contributed by atoms with van der Waals surface area (Å²) in [5.74, 6) is -0.952. The van der Waals surface area contributed by atoms with Crippen LogP contribution >= 0.6 is 11.6 Å². The molecular formula is C14H18ClN5O3. The van der Waals surface area contributed by atoms with E-state index in [1.807, 2.05) is 0 Å². The summed E-state index contributed by atoms with van der Waals surface area (Å²) in [5, 5.41) is 11.5. The zero-order valence-electron chi connectivity index (χ0n) is 13.6. The summed E-state index contributed by atoms with van der Waals surface area (Å²) in [6.45, 7) is 5.28. The fourth-order valence-corrected chi connectivity index (χ4v) is 2.28. The van der Waals surface area contributed by atoms with Crippen LogP contribution in [0.1, 0.15) is 27.6 Å². The summed E-state index contributed by atoms with van der Waals surface area (Å²) in [5.41, 5.74) is 2.40. The van der Waals surface area contributed by atoms with Crippen LogP contribution in [-0.2, 0) is 23.1 Å². The van der Waals surface area contributed by atoms with E-state index in [1.54, 1.807) is 27.8 Å². The van der Waals surface area contributed by atoms with Gasteiger partial charge >= 0.3 is 5.97 Å². The van der Waals surface area contributed by atoms with Gasteiger partial charge in [-0.3, -0.25) is 14.2 Å². The van der Waals surface area contributed by atoms with Gasteiger partial charge in [0.2, 0.25) is 5.91 Å². The highest BCUT2D eigenvalue weighted by Gasteiger charge is 2.22. The van der Waals surface area contributed by atoms with Gasteiger partial charge in [-0.25, -0.2) is 4.79 Å². The number of anilines is 1. The van der Waals surface area contributed by atoms with Gasteiger partial charge in [-0.1, -0.05) is 11.6 Å². The zero-order valence-corrected chi connectivity index (χ0v) is 14.4. The minimum Gasteiger partial charge on any atom is -0.464 e. The van der Waals surface area contributed by atoms with Crippen LogP contribution in [0, 0.1) is 20.8 Å². The molecule has 2 aromatic rings. The number of aromatic nitrogens is 4. The van der Waals surface area contributed by atoms with Crippen LogP contribution in [0.5, 0.6) is 0 Å². The lowest BCUT2D eigenvalue weighted by Crippen LogP contribution is -2.22. The SMILES string of the molecule is COC(=O)c1nn(C)c(C)c1NC(=O)Cn1nc(C)c(Cl)c1C. The molecule has 0 bridgehead atoms. The normalized spacial score (nSPS) is 10.7. The number of hydrogen-bond donors (Lipinski definition) is 1. The molecule has 124 valence electrons. The van der Waals surface area contributed by atoms with Gasteiger partial charge in [-0.15, -0.1) is 0 Å². The number of ether oxygens (including phenoxy) is 1. The molecule has 0 atom stereocenters. The maximum absolute atomic E-state index is 12.3. The number of methoxy groups -OCH3 is 1. The fraction of sp³-hybridized carbons (Fsp3) is 0.429. The monoisotopic (exact) mass is 339 g/mol. The first-order chi connectivity index (χ1) is 10.8. The Morgan fingerprint density at radius 1 is 1.22 bits per heavy atom. The van der Waals surface area contributed by atoms with Crippen LogP contribution in [0.25, 0.3) is 0 Å². The maximum Gasteiger partial charge on any atom is 0.360 e. The summed E-state index contributed by atoms with van der Waals surface area (Å²) >= 11 is 6.07. The third-order valence-electron chi connectivity index (χ3n) is 3.56. The smallest absolute Gasteiger partial charge is 0.360 e. The van der Waals surface area contributed by atoms with E-state index in [9.17, 15) is 9.59 Å². The van der Waals surface area contributed by atoms with Gasteiger partial charge in [0.15, 0.2) is 5.69 Å². The van der Waals surface area contributed by atoms with E-state index < -0.39 is 5.97 Å². The number of carbonyl (C=O) groups excluding carboxylic acids is 2. The van der Waals surface area contributed by atoms with Crippen molar-refractivity contribution in [1.29, 1.82) is 0 Å². The van der Waals surface area contributed by atoms with Gasteiger partial charge in [-0.05, 0) is 20.8 Å². The number of amides is 1. The highest BCUT2D eigenvalue weighted by atomic mass is 35.5. The molecule has 2 aromatic heterocycles. The molecule has 0 saturated heterocycles. The molecule has 2 heterocycles. The molecule has 1 amide bonds. The summed E-state index contributed by atoms with van der Waals surface area (Å²) in [7, 11) is 2.94. The van der Waals surface area contributed by atoms with E-state index >= 15 is 0 Å². The van der Waals surface area contributed by atoms with Crippen LogP contribution in [0.15, 0.2) is 0 Å². The van der Waals surface area contributed by atoms with Crippen LogP contribution in [-0.4, -0.2) is 38.5 Å². The predicted octanol–water partition coefficient (Wildman–Crippen LogP) is 1.62. The molecule has 8 nitrogen and oxygen atoms in total. The Morgan fingerprint density at radius 2 is 1.87 bits per heavy atom. The van der Waals surface area contributed by atoms with E-state index in [4.69, 9.17) is 11.6 Å². The molecule has 0 radical (unpaired) electrons. The molecule has 0 aromatic carbocycles. The molecule has 0 unspecified atom stereocenters. The van der Waals surface area contributed by atoms with Crippen molar-refractivity contribution in [3.8, 4) is 0 Å². The number of nitrogens with zero attached hydrogens (tertiary/aromatic N) is 4. The summed E-state index contributed by atoms with van der Waals surface area (Å²) in [4.78, 5) is 24.0. The zero-order chi connectivity index (χ0) is 17.3. The van der Waals surface area contributed by atoms with Gasteiger partial charge in [-0.2, -0.15) is 10.2 Å². The van der Waals surface area contributed by atoms with E-state index in [1.165, 1.54) is 16.5 Å². The molecule has 0 saturated carbocycles. The average Bonchev–Trinajstić information content (AvgIpc) is 2.92. The summed E-state index contributed by atoms with van der Waals surface area (Å²) in [6.07, 6.45) is 0. The van der Waals surface area contributed by atoms with Crippen LogP contribution in [0.4, 0.5) is 5.69 Å². The quantitative estimate of drug-likeness (QED) is 0.855. The number of rotatable bonds is 4. The molecule has 0 aliphatic carbocycles. The molecule has 0 spiro atoms. The molecule has 2 rings (SSSR count). The molecule has 1 N–H and O–H groups in total. The number of esters is 1. The highest BCUT2D eigenvalue weighted by molar-refractivity contribution is 6.31. The van der Waals surface area contributed by atoms with Gasteiger partial charge < -0.3 is 10.1 Å². The molecule has 0 fully saturated rings. The van der Waals surface area contributed by atoms with Crippen molar-refractivity contribution in [3.05, 3.63) is 27.8 Å². The first-order valence-corrected chi connectivity index (χ1v) is 7.25. The van der Waals surface area contributed by atoms with Crippen molar-refractivity contribution in [2.24, 2.45) is 7.05 Å². The highest BCUT2D eigenvalue weighted by Crippen LogP contribution is 2.21. The van der Waals surface area contributed by atoms with E-state index in [2.05, 4.69) is 20.3 Å². The van der Waals surface area contributed by atoms with E-state index in [0.29, 0.717) is 27.8 Å². The van der Waals surface area contributed by atoms with Crippen molar-refractivity contribution in [3.63, 3.8) is 0 Å². The Hall–Kier alpha value is -2.35. The Balaban J connectivity index is 2.23. The number of carbonyl (C=O) groups is 2. The van der Waals surface area contributed by atoms with Gasteiger partial charge in [0, 0.05) is 7.05 Å². The first-order valence-electron chi connectivity index (χ1n) is 6.87. The second kappa shape index (κ2) is 6.41. The van der Waals surface area contributed by atoms with Crippen LogP contribution in [0.3, 0.4) is 0 Å². The molecule has 0 aliphatic heterocycles. The Morgan fingerprint density at radius 3 is 2.39 bits per heavy atom. The number of aryl methyl sites for hydroxylation is 2. The Labute approximate surface area is 138 Å². The summed E-state index contributed by atoms with van der Waals surface area (Å²) in [6, 6.07) is 0. The van der Waals surface area contributed by atoms with E-state index in [-0.39, 0.29) is 18.1 Å². The van der Waals surface area contributed by atoms with Crippen molar-refractivity contribution >= 4 is 29.2 Å². The lowest BCUT2D eigenvalue weighted by molar-refractivity contribution is -0.116. The van der Waals surface area contributed by atoms with Crippen molar-refractivity contribution < 1.29 is 14.3 Å². The Kier molecular flexibility index (Phi) is 4.74. The fourth-order valence-electron chi connectivity index (χ4n) is 2.14. The van der Waals surface area contributed by atoms with Crippen LogP contribution in [0.2, 0.25) is 5.02 Å². The van der Waals surface area contributed by atoms with Crippen LogP contribution < -0.4 is 5.32 Å². The third-order valence-corrected chi connectivity index (χ3v) is 4.11. The number of nitrogens with one attached hydrogen (secondary N) is 1. The topological polar surface area (TPSA) is 91.0 Å². The standard InChI is InChI=1S/C14H18ClN5O3/c1-7-11(15)8(2)20(17-7)6-10(21)16-12-9(3)19(4)18-13(12)14(22)23-5/h6H2,1-5H3,(H,16,21). The van der Waals surface area contributed by atoms with Gasteiger partial charge in [0.25, 0.3) is 0 Å². The molecule has 0 aliphatic rings. The van der Waals surface area contributed by atoms with Gasteiger partial charge in [0.1, 0.15) is 6.54 Å². The second-order valence-corrected chi connectivity index (χ2v) is 5.49. The number of halogens is 1. The Bertz CT molecular complexity index is 778. The average molecular weight is 340 g/mol. The minimum absolute atomic E-state index is 0.0195. The minimum atomic E-state index is -0.613. The molecular weight excluding hydrogens is 322 g/mol. The second-order valence-electron chi connectivity index (χ2n) is 5.11. The summed E-state index contributed by atoms with van der Waals surface area (Å²) < 4.78 is 7.69. The predicted molar refractivity (Wildman–Crippen MR) is 84.6 cm³/mol. The third kappa shape index (κ3) is 3.21. The lowest BCUT2D eigenvalue weighted by Gasteiger charge is -2.07. The van der Waals surface area contributed by atoms with Crippen molar-refractivity contribution in [1.82, 2.24) is 19.6 Å². The van der Waals surface area contributed by atoms with Crippen molar-refractivity contribution in [2.45, 2.75) is 27.3 Å². The van der Waals surface area contributed by atoms with Crippen molar-refractivity contribution in [2.75, 3.05) is 12.4 Å². The maximum atomic E-state index is 12.3. The molecule has 23 heavy (non-hydrogen) atoms.